The lowest BCUT2D eigenvalue weighted by Crippen LogP contribution is -2.51. The van der Waals surface area contributed by atoms with E-state index in [1.807, 2.05) is 0 Å². The number of benzene rings is 1. The number of likely N-dealkylation sites (tertiary alicyclic amines) is 1. The molecular weight excluding hydrogens is 255 g/mol. The molecule has 0 spiro atoms. The van der Waals surface area contributed by atoms with Gasteiger partial charge in [0.2, 0.25) is 0 Å². The highest BCUT2D eigenvalue weighted by Crippen LogP contribution is 2.33. The average molecular weight is 271 g/mol. The van der Waals surface area contributed by atoms with Crippen molar-refractivity contribution in [3.63, 3.8) is 0 Å². The van der Waals surface area contributed by atoms with Crippen LogP contribution in [-0.2, 0) is 0 Å². The van der Waals surface area contributed by atoms with Gasteiger partial charge in [-0.05, 0) is 37.8 Å². The Balaban J connectivity index is 2.28. The summed E-state index contributed by atoms with van der Waals surface area (Å²) in [4.78, 5) is 13.3. The predicted molar refractivity (Wildman–Crippen MR) is 65.9 cm³/mol. The third-order valence-corrected chi connectivity index (χ3v) is 3.52. The van der Waals surface area contributed by atoms with E-state index in [2.05, 4.69) is 0 Å². The number of nitrogens with zero attached hydrogens (tertiary/aromatic N) is 1. The molecule has 0 aromatic heterocycles. The number of carbonyl (C=O) groups is 1. The molecule has 1 aromatic carbocycles. The highest BCUT2D eigenvalue weighted by molar-refractivity contribution is 5.95. The van der Waals surface area contributed by atoms with E-state index in [1.165, 1.54) is 0 Å². The molecule has 1 unspecified atom stereocenters. The normalized spacial score (nSPS) is 20.4. The van der Waals surface area contributed by atoms with Crippen molar-refractivity contribution in [3.05, 3.63) is 35.4 Å². The van der Waals surface area contributed by atoms with Gasteiger partial charge in [-0.15, -0.1) is 0 Å². The molecule has 2 nitrogen and oxygen atoms in total. The fourth-order valence-electron chi connectivity index (χ4n) is 2.48. The number of hydrogen-bond acceptors (Lipinski definition) is 1. The Morgan fingerprint density at radius 3 is 2.58 bits per heavy atom. The van der Waals surface area contributed by atoms with Crippen LogP contribution in [0, 0.1) is 6.92 Å². The Bertz CT molecular complexity index is 470. The molecule has 5 heteroatoms. The molecule has 1 fully saturated rings. The Kier molecular flexibility index (Phi) is 3.83. The predicted octanol–water partition coefficient (Wildman–Crippen LogP) is 3.55. The molecule has 1 aliphatic rings. The SMILES string of the molecule is Cc1ccccc1C(=O)N1CCCCC1C(F)(F)F. The lowest BCUT2D eigenvalue weighted by molar-refractivity contribution is -0.183. The van der Waals surface area contributed by atoms with Gasteiger partial charge >= 0.3 is 6.18 Å². The van der Waals surface area contributed by atoms with E-state index in [9.17, 15) is 18.0 Å². The van der Waals surface area contributed by atoms with Gasteiger partial charge in [-0.2, -0.15) is 13.2 Å². The van der Waals surface area contributed by atoms with Crippen LogP contribution in [0.4, 0.5) is 13.2 Å². The van der Waals surface area contributed by atoms with Crippen LogP contribution in [0.25, 0.3) is 0 Å². The standard InChI is InChI=1S/C14H16F3NO/c1-10-6-2-3-7-11(10)13(19)18-9-5-4-8-12(18)14(15,16)17/h2-3,6-7,12H,4-5,8-9H2,1H3. The van der Waals surface area contributed by atoms with Crippen LogP contribution < -0.4 is 0 Å². The van der Waals surface area contributed by atoms with Gasteiger partial charge in [0, 0.05) is 12.1 Å². The molecule has 0 radical (unpaired) electrons. The zero-order valence-corrected chi connectivity index (χ0v) is 10.7. The summed E-state index contributed by atoms with van der Waals surface area (Å²) in [6.07, 6.45) is -3.20. The third-order valence-electron chi connectivity index (χ3n) is 3.52. The van der Waals surface area contributed by atoms with Crippen LogP contribution in [-0.4, -0.2) is 29.6 Å². The van der Waals surface area contributed by atoms with Gasteiger partial charge in [-0.3, -0.25) is 4.79 Å². The van der Waals surface area contributed by atoms with E-state index in [0.717, 1.165) is 4.90 Å². The molecule has 1 atom stereocenters. The van der Waals surface area contributed by atoms with Gasteiger partial charge in [0.25, 0.3) is 5.91 Å². The van der Waals surface area contributed by atoms with Crippen molar-refractivity contribution < 1.29 is 18.0 Å². The molecule has 0 aliphatic carbocycles. The van der Waals surface area contributed by atoms with Crippen LogP contribution >= 0.6 is 0 Å². The maximum Gasteiger partial charge on any atom is 0.408 e. The van der Waals surface area contributed by atoms with E-state index < -0.39 is 18.1 Å². The van der Waals surface area contributed by atoms with Crippen LogP contribution in [0.3, 0.4) is 0 Å². The molecule has 19 heavy (non-hydrogen) atoms. The first-order chi connectivity index (χ1) is 8.91. The van der Waals surface area contributed by atoms with Crippen molar-refractivity contribution in [2.24, 2.45) is 0 Å². The second-order valence-corrected chi connectivity index (χ2v) is 4.87. The van der Waals surface area contributed by atoms with Crippen LogP contribution in [0.15, 0.2) is 24.3 Å². The smallest absolute Gasteiger partial charge is 0.327 e. The number of piperidine rings is 1. The van der Waals surface area contributed by atoms with Gasteiger partial charge in [0.15, 0.2) is 0 Å². The van der Waals surface area contributed by atoms with E-state index in [-0.39, 0.29) is 13.0 Å². The summed E-state index contributed by atoms with van der Waals surface area (Å²) < 4.78 is 38.9. The van der Waals surface area contributed by atoms with Crippen LogP contribution in [0.2, 0.25) is 0 Å². The van der Waals surface area contributed by atoms with E-state index in [1.54, 1.807) is 31.2 Å². The molecule has 1 saturated heterocycles. The second-order valence-electron chi connectivity index (χ2n) is 4.87. The van der Waals surface area contributed by atoms with E-state index in [4.69, 9.17) is 0 Å². The first-order valence-electron chi connectivity index (χ1n) is 6.34. The van der Waals surface area contributed by atoms with Crippen molar-refractivity contribution >= 4 is 5.91 Å². The number of carbonyl (C=O) groups excluding carboxylic acids is 1. The molecule has 1 aromatic rings. The first-order valence-corrected chi connectivity index (χ1v) is 6.34. The summed E-state index contributed by atoms with van der Waals surface area (Å²) in [5, 5.41) is 0. The summed E-state index contributed by atoms with van der Waals surface area (Å²) >= 11 is 0. The van der Waals surface area contributed by atoms with Gasteiger partial charge in [0.1, 0.15) is 6.04 Å². The summed E-state index contributed by atoms with van der Waals surface area (Å²) in [7, 11) is 0. The van der Waals surface area contributed by atoms with Gasteiger partial charge in [-0.25, -0.2) is 0 Å². The van der Waals surface area contributed by atoms with Crippen molar-refractivity contribution in [2.75, 3.05) is 6.54 Å². The minimum absolute atomic E-state index is 0.00111. The first kappa shape index (κ1) is 13.9. The lowest BCUT2D eigenvalue weighted by atomic mass is 9.99. The van der Waals surface area contributed by atoms with Crippen LogP contribution in [0.1, 0.15) is 35.2 Å². The summed E-state index contributed by atoms with van der Waals surface area (Å²) in [6, 6.07) is 5.11. The quantitative estimate of drug-likeness (QED) is 0.765. The molecular formula is C14H16F3NO. The fourth-order valence-corrected chi connectivity index (χ4v) is 2.48. The number of alkyl halides is 3. The maximum atomic E-state index is 13.0. The Morgan fingerprint density at radius 2 is 1.95 bits per heavy atom. The Morgan fingerprint density at radius 1 is 1.26 bits per heavy atom. The number of rotatable bonds is 1. The van der Waals surface area contributed by atoms with Gasteiger partial charge in [-0.1, -0.05) is 18.2 Å². The highest BCUT2D eigenvalue weighted by atomic mass is 19.4. The molecule has 104 valence electrons. The van der Waals surface area contributed by atoms with Gasteiger partial charge < -0.3 is 4.90 Å². The summed E-state index contributed by atoms with van der Waals surface area (Å²) in [5.41, 5.74) is 1.07. The van der Waals surface area contributed by atoms with Crippen LogP contribution in [0.5, 0.6) is 0 Å². The van der Waals surface area contributed by atoms with Crippen molar-refractivity contribution in [1.29, 1.82) is 0 Å². The third kappa shape index (κ3) is 2.91. The Hall–Kier alpha value is -1.52. The van der Waals surface area contributed by atoms with Crippen molar-refractivity contribution in [2.45, 2.75) is 38.4 Å². The van der Waals surface area contributed by atoms with Crippen molar-refractivity contribution in [1.82, 2.24) is 4.90 Å². The fraction of sp³-hybridized carbons (Fsp3) is 0.500. The van der Waals surface area contributed by atoms with E-state index in [0.29, 0.717) is 24.0 Å². The molecule has 1 aliphatic heterocycles. The number of halogens is 3. The molecule has 0 bridgehead atoms. The molecule has 1 heterocycles. The lowest BCUT2D eigenvalue weighted by Gasteiger charge is -2.37. The topological polar surface area (TPSA) is 20.3 Å². The average Bonchev–Trinajstić information content (AvgIpc) is 2.37. The minimum atomic E-state index is -4.35. The Labute approximate surface area is 110 Å². The number of hydrogen-bond donors (Lipinski definition) is 0. The molecule has 0 N–H and O–H groups in total. The number of aryl methyl sites for hydroxylation is 1. The summed E-state index contributed by atoms with van der Waals surface area (Å²) in [6.45, 7) is 1.91. The summed E-state index contributed by atoms with van der Waals surface area (Å²) in [5.74, 6) is -0.514. The molecule has 1 amide bonds. The monoisotopic (exact) mass is 271 g/mol. The zero-order valence-electron chi connectivity index (χ0n) is 10.7. The van der Waals surface area contributed by atoms with Crippen molar-refractivity contribution in [3.8, 4) is 0 Å². The largest absolute Gasteiger partial charge is 0.408 e. The van der Waals surface area contributed by atoms with Gasteiger partial charge in [0.05, 0.1) is 0 Å². The highest BCUT2D eigenvalue weighted by Gasteiger charge is 2.46. The molecule has 2 rings (SSSR count). The minimum Gasteiger partial charge on any atom is -0.327 e. The van der Waals surface area contributed by atoms with E-state index >= 15 is 0 Å². The number of amides is 1. The maximum absolute atomic E-state index is 13.0. The second kappa shape index (κ2) is 5.23. The molecule has 0 saturated carbocycles. The zero-order chi connectivity index (χ0) is 14.0.